The third-order valence-corrected chi connectivity index (χ3v) is 3.71. The normalized spacial score (nSPS) is 15.1. The molecule has 1 aromatic rings. The quantitative estimate of drug-likeness (QED) is 0.750. The van der Waals surface area contributed by atoms with E-state index in [4.69, 9.17) is 4.74 Å². The van der Waals surface area contributed by atoms with E-state index in [-0.39, 0.29) is 0 Å². The van der Waals surface area contributed by atoms with Crippen LogP contribution in [-0.4, -0.2) is 37.7 Å². The maximum absolute atomic E-state index is 5.96. The minimum absolute atomic E-state index is 0.676. The van der Waals surface area contributed by atoms with E-state index in [0.29, 0.717) is 5.92 Å². The summed E-state index contributed by atoms with van der Waals surface area (Å²) >= 11 is 0. The highest BCUT2D eigenvalue weighted by Crippen LogP contribution is 2.25. The average molecular weight is 276 g/mol. The molecule has 1 N–H and O–H groups in total. The monoisotopic (exact) mass is 276 g/mol. The molecule has 0 bridgehead atoms. The Balaban J connectivity index is 1.77. The Morgan fingerprint density at radius 1 is 1.30 bits per heavy atom. The molecule has 0 aromatic heterocycles. The highest BCUT2D eigenvalue weighted by atomic mass is 16.5. The molecule has 0 radical (unpaired) electrons. The Bertz CT molecular complexity index is 402. The predicted octanol–water partition coefficient (Wildman–Crippen LogP) is 2.91. The summed E-state index contributed by atoms with van der Waals surface area (Å²) in [5.74, 6) is 1.70. The molecule has 1 aromatic carbocycles. The molecule has 3 heteroatoms. The van der Waals surface area contributed by atoms with Gasteiger partial charge in [0.25, 0.3) is 0 Å². The van der Waals surface area contributed by atoms with Crippen LogP contribution in [0.4, 0.5) is 0 Å². The Kier molecular flexibility index (Phi) is 5.86. The highest BCUT2D eigenvalue weighted by Gasteiger charge is 2.25. The zero-order valence-electron chi connectivity index (χ0n) is 13.1. The van der Waals surface area contributed by atoms with E-state index >= 15 is 0 Å². The van der Waals surface area contributed by atoms with Crippen molar-refractivity contribution in [2.45, 2.75) is 39.3 Å². The molecule has 0 unspecified atom stereocenters. The summed E-state index contributed by atoms with van der Waals surface area (Å²) in [6.07, 6.45) is 2.71. The first kappa shape index (κ1) is 15.3. The topological polar surface area (TPSA) is 24.5 Å². The molecule has 3 nitrogen and oxygen atoms in total. The number of hydrogen-bond donors (Lipinski definition) is 1. The molecule has 0 saturated heterocycles. The van der Waals surface area contributed by atoms with Crippen molar-refractivity contribution in [2.24, 2.45) is 5.92 Å². The lowest BCUT2D eigenvalue weighted by molar-refractivity contribution is 0.230. The first-order chi connectivity index (χ1) is 9.66. The largest absolute Gasteiger partial charge is 0.492 e. The van der Waals surface area contributed by atoms with E-state index in [1.54, 1.807) is 0 Å². The summed E-state index contributed by atoms with van der Waals surface area (Å²) in [5.41, 5.74) is 1.25. The van der Waals surface area contributed by atoms with Crippen LogP contribution in [0.15, 0.2) is 24.3 Å². The minimum atomic E-state index is 0.676. The Morgan fingerprint density at radius 2 is 2.05 bits per heavy atom. The zero-order chi connectivity index (χ0) is 14.4. The van der Waals surface area contributed by atoms with Crippen molar-refractivity contribution >= 4 is 0 Å². The Hall–Kier alpha value is -1.06. The molecule has 0 aliphatic heterocycles. The van der Waals surface area contributed by atoms with E-state index < -0.39 is 0 Å². The maximum atomic E-state index is 5.96. The second-order valence-corrected chi connectivity index (χ2v) is 6.19. The van der Waals surface area contributed by atoms with Gasteiger partial charge in [-0.05, 0) is 38.4 Å². The van der Waals surface area contributed by atoms with Crippen molar-refractivity contribution in [2.75, 3.05) is 26.7 Å². The van der Waals surface area contributed by atoms with Gasteiger partial charge in [-0.3, -0.25) is 0 Å². The summed E-state index contributed by atoms with van der Waals surface area (Å²) in [4.78, 5) is 2.40. The van der Waals surface area contributed by atoms with Gasteiger partial charge in [-0.2, -0.15) is 0 Å². The molecule has 1 fully saturated rings. The van der Waals surface area contributed by atoms with Gasteiger partial charge in [0.2, 0.25) is 0 Å². The minimum Gasteiger partial charge on any atom is -0.492 e. The van der Waals surface area contributed by atoms with Crippen LogP contribution in [0.25, 0.3) is 0 Å². The molecule has 0 amide bonds. The van der Waals surface area contributed by atoms with Crippen molar-refractivity contribution in [3.8, 4) is 5.75 Å². The van der Waals surface area contributed by atoms with E-state index in [1.807, 2.05) is 6.07 Å². The molecular weight excluding hydrogens is 248 g/mol. The first-order valence-corrected chi connectivity index (χ1v) is 7.78. The van der Waals surface area contributed by atoms with Crippen LogP contribution in [0, 0.1) is 5.92 Å². The number of hydrogen-bond acceptors (Lipinski definition) is 3. The van der Waals surface area contributed by atoms with Gasteiger partial charge in [0.1, 0.15) is 12.4 Å². The Labute approximate surface area is 123 Å². The smallest absolute Gasteiger partial charge is 0.123 e. The van der Waals surface area contributed by atoms with Crippen LogP contribution in [0.1, 0.15) is 32.3 Å². The Morgan fingerprint density at radius 3 is 2.75 bits per heavy atom. The lowest BCUT2D eigenvalue weighted by Crippen LogP contribution is -2.26. The zero-order valence-corrected chi connectivity index (χ0v) is 13.1. The SMILES string of the molecule is CC(C)CNCc1ccccc1OCCN(C)C1CC1. The van der Waals surface area contributed by atoms with E-state index in [9.17, 15) is 0 Å². The van der Waals surface area contributed by atoms with Crippen molar-refractivity contribution < 1.29 is 4.74 Å². The summed E-state index contributed by atoms with van der Waals surface area (Å²) in [5, 5.41) is 3.48. The number of para-hydroxylation sites is 1. The van der Waals surface area contributed by atoms with E-state index in [2.05, 4.69) is 49.3 Å². The molecule has 1 aliphatic rings. The number of nitrogens with one attached hydrogen (secondary N) is 1. The number of rotatable bonds is 9. The van der Waals surface area contributed by atoms with Crippen molar-refractivity contribution in [1.29, 1.82) is 0 Å². The van der Waals surface area contributed by atoms with Gasteiger partial charge in [0.15, 0.2) is 0 Å². The summed E-state index contributed by atoms with van der Waals surface area (Å²) in [6, 6.07) is 9.15. The summed E-state index contributed by atoms with van der Waals surface area (Å²) in [6.45, 7) is 8.16. The standard InChI is InChI=1S/C17H28N2O/c1-14(2)12-18-13-15-6-4-5-7-17(15)20-11-10-19(3)16-8-9-16/h4-7,14,16,18H,8-13H2,1-3H3. The maximum Gasteiger partial charge on any atom is 0.123 e. The second-order valence-electron chi connectivity index (χ2n) is 6.19. The van der Waals surface area contributed by atoms with Crippen LogP contribution in [-0.2, 0) is 6.54 Å². The predicted molar refractivity (Wildman–Crippen MR) is 84.1 cm³/mol. The van der Waals surface area contributed by atoms with E-state index in [0.717, 1.165) is 38.0 Å². The first-order valence-electron chi connectivity index (χ1n) is 7.78. The lowest BCUT2D eigenvalue weighted by Gasteiger charge is -2.17. The van der Waals surface area contributed by atoms with Gasteiger partial charge in [-0.1, -0.05) is 32.0 Å². The van der Waals surface area contributed by atoms with E-state index in [1.165, 1.54) is 18.4 Å². The van der Waals surface area contributed by atoms with Gasteiger partial charge < -0.3 is 15.0 Å². The number of nitrogens with zero attached hydrogens (tertiary/aromatic N) is 1. The second kappa shape index (κ2) is 7.65. The van der Waals surface area contributed by atoms with Crippen LogP contribution in [0.2, 0.25) is 0 Å². The number of benzene rings is 1. The fourth-order valence-electron chi connectivity index (χ4n) is 2.28. The fraction of sp³-hybridized carbons (Fsp3) is 0.647. The van der Waals surface area contributed by atoms with Crippen molar-refractivity contribution in [1.82, 2.24) is 10.2 Å². The summed E-state index contributed by atoms with van der Waals surface area (Å²) < 4.78 is 5.96. The molecule has 1 aliphatic carbocycles. The van der Waals surface area contributed by atoms with Crippen molar-refractivity contribution in [3.05, 3.63) is 29.8 Å². The molecule has 0 atom stereocenters. The molecule has 0 heterocycles. The molecule has 20 heavy (non-hydrogen) atoms. The molecule has 2 rings (SSSR count). The van der Waals surface area contributed by atoms with Crippen LogP contribution >= 0.6 is 0 Å². The molecule has 1 saturated carbocycles. The van der Waals surface area contributed by atoms with Crippen molar-refractivity contribution in [3.63, 3.8) is 0 Å². The molecular formula is C17H28N2O. The summed E-state index contributed by atoms with van der Waals surface area (Å²) in [7, 11) is 2.19. The highest BCUT2D eigenvalue weighted by molar-refractivity contribution is 5.33. The third kappa shape index (κ3) is 5.14. The number of likely N-dealkylation sites (N-methyl/N-ethyl adjacent to an activating group) is 1. The number of ether oxygens (including phenoxy) is 1. The van der Waals surface area contributed by atoms with Gasteiger partial charge >= 0.3 is 0 Å². The van der Waals surface area contributed by atoms with Gasteiger partial charge in [-0.15, -0.1) is 0 Å². The van der Waals surface area contributed by atoms with Crippen LogP contribution in [0.5, 0.6) is 5.75 Å². The molecule has 0 spiro atoms. The van der Waals surface area contributed by atoms with Gasteiger partial charge in [0, 0.05) is 24.7 Å². The molecule has 112 valence electrons. The van der Waals surface area contributed by atoms with Gasteiger partial charge in [0.05, 0.1) is 0 Å². The lowest BCUT2D eigenvalue weighted by atomic mass is 10.2. The van der Waals surface area contributed by atoms with Crippen LogP contribution < -0.4 is 10.1 Å². The van der Waals surface area contributed by atoms with Crippen LogP contribution in [0.3, 0.4) is 0 Å². The fourth-order valence-corrected chi connectivity index (χ4v) is 2.28. The van der Waals surface area contributed by atoms with Gasteiger partial charge in [-0.25, -0.2) is 0 Å². The third-order valence-electron chi connectivity index (χ3n) is 3.71. The average Bonchev–Trinajstić information content (AvgIpc) is 3.24.